The van der Waals surface area contributed by atoms with Crippen molar-refractivity contribution in [1.82, 2.24) is 14.5 Å². The molecule has 32 heavy (non-hydrogen) atoms. The molecule has 2 rings (SSSR count). The van der Waals surface area contributed by atoms with E-state index in [9.17, 15) is 18.0 Å². The standard InChI is InChI=1S/C21H26Cl2N4O4S/c1-15(21(29)24-2)26(13-16-10-11-18(22)19(23)12-16)20(28)14-27(32(30,31)25(3)4)17-8-6-5-7-9-17/h5-12,15H,13-14H2,1-4H3,(H,24,29)/t15-/m1/s1. The number of hydrogen-bond acceptors (Lipinski definition) is 4. The molecule has 11 heteroatoms. The van der Waals surface area contributed by atoms with E-state index in [0.29, 0.717) is 21.3 Å². The zero-order chi connectivity index (χ0) is 24.1. The Labute approximate surface area is 198 Å². The van der Waals surface area contributed by atoms with E-state index < -0.39 is 28.7 Å². The SMILES string of the molecule is CNC(=O)[C@@H](C)N(Cc1ccc(Cl)c(Cl)c1)C(=O)CN(c1ccccc1)S(=O)(=O)N(C)C. The number of carbonyl (C=O) groups excluding carboxylic acids is 2. The second kappa shape index (κ2) is 11.0. The third-order valence-electron chi connectivity index (χ3n) is 4.81. The maximum Gasteiger partial charge on any atom is 0.304 e. The largest absolute Gasteiger partial charge is 0.357 e. The summed E-state index contributed by atoms with van der Waals surface area (Å²) in [5.74, 6) is -0.943. The molecule has 0 aliphatic heterocycles. The van der Waals surface area contributed by atoms with Crippen LogP contribution < -0.4 is 9.62 Å². The van der Waals surface area contributed by atoms with Crippen molar-refractivity contribution in [2.24, 2.45) is 0 Å². The Bertz CT molecular complexity index is 1060. The lowest BCUT2D eigenvalue weighted by molar-refractivity contribution is -0.139. The van der Waals surface area contributed by atoms with Gasteiger partial charge in [0.05, 0.1) is 15.7 Å². The van der Waals surface area contributed by atoms with Gasteiger partial charge in [-0.25, -0.2) is 4.31 Å². The summed E-state index contributed by atoms with van der Waals surface area (Å²) in [7, 11) is 0.259. The van der Waals surface area contributed by atoms with Crippen molar-refractivity contribution >= 4 is 50.9 Å². The Balaban J connectivity index is 2.43. The molecule has 0 aliphatic rings. The highest BCUT2D eigenvalue weighted by Gasteiger charge is 2.32. The van der Waals surface area contributed by atoms with Crippen molar-refractivity contribution < 1.29 is 18.0 Å². The van der Waals surface area contributed by atoms with E-state index in [1.54, 1.807) is 55.5 Å². The minimum absolute atomic E-state index is 0.0367. The smallest absolute Gasteiger partial charge is 0.304 e. The van der Waals surface area contributed by atoms with Gasteiger partial charge >= 0.3 is 10.2 Å². The Morgan fingerprint density at radius 2 is 1.66 bits per heavy atom. The van der Waals surface area contributed by atoms with Crippen molar-refractivity contribution in [2.75, 3.05) is 32.0 Å². The third kappa shape index (κ3) is 6.13. The molecule has 0 aromatic heterocycles. The van der Waals surface area contributed by atoms with Crippen LogP contribution in [0.1, 0.15) is 12.5 Å². The van der Waals surface area contributed by atoms with Gasteiger partial charge in [-0.15, -0.1) is 0 Å². The van der Waals surface area contributed by atoms with Crippen LogP contribution >= 0.6 is 23.2 Å². The minimum Gasteiger partial charge on any atom is -0.357 e. The molecule has 1 atom stereocenters. The van der Waals surface area contributed by atoms with Crippen molar-refractivity contribution in [3.63, 3.8) is 0 Å². The Morgan fingerprint density at radius 1 is 1.03 bits per heavy atom. The van der Waals surface area contributed by atoms with Gasteiger partial charge in [-0.2, -0.15) is 12.7 Å². The molecular weight excluding hydrogens is 475 g/mol. The lowest BCUT2D eigenvalue weighted by atomic mass is 10.1. The second-order valence-electron chi connectivity index (χ2n) is 7.19. The molecule has 0 saturated heterocycles. The van der Waals surface area contributed by atoms with E-state index in [0.717, 1.165) is 8.61 Å². The van der Waals surface area contributed by atoms with Crippen LogP contribution in [0.5, 0.6) is 0 Å². The number of rotatable bonds is 9. The molecule has 0 spiro atoms. The normalized spacial score (nSPS) is 12.3. The molecule has 174 valence electrons. The van der Waals surface area contributed by atoms with E-state index in [1.165, 1.54) is 26.0 Å². The van der Waals surface area contributed by atoms with E-state index in [1.807, 2.05) is 0 Å². The minimum atomic E-state index is -3.98. The molecule has 0 bridgehead atoms. The highest BCUT2D eigenvalue weighted by atomic mass is 35.5. The fraction of sp³-hybridized carbons (Fsp3) is 0.333. The van der Waals surface area contributed by atoms with Crippen molar-refractivity contribution in [2.45, 2.75) is 19.5 Å². The van der Waals surface area contributed by atoms with Crippen LogP contribution in [-0.4, -0.2) is 63.2 Å². The number of para-hydroxylation sites is 1. The average Bonchev–Trinajstić information content (AvgIpc) is 2.77. The van der Waals surface area contributed by atoms with Crippen LogP contribution in [-0.2, 0) is 26.3 Å². The maximum absolute atomic E-state index is 13.4. The Hall–Kier alpha value is -2.33. The lowest BCUT2D eigenvalue weighted by Crippen LogP contribution is -2.52. The van der Waals surface area contributed by atoms with Gasteiger partial charge in [0.2, 0.25) is 11.8 Å². The predicted molar refractivity (Wildman–Crippen MR) is 127 cm³/mol. The molecule has 0 saturated carbocycles. The first kappa shape index (κ1) is 25.9. The van der Waals surface area contributed by atoms with Crippen LogP contribution in [0.3, 0.4) is 0 Å². The van der Waals surface area contributed by atoms with Gasteiger partial charge in [0.15, 0.2) is 0 Å². The molecule has 0 unspecified atom stereocenters. The summed E-state index contributed by atoms with van der Waals surface area (Å²) in [6.07, 6.45) is 0. The number of nitrogens with zero attached hydrogens (tertiary/aromatic N) is 3. The van der Waals surface area contributed by atoms with Crippen molar-refractivity contribution in [3.8, 4) is 0 Å². The summed E-state index contributed by atoms with van der Waals surface area (Å²) in [4.78, 5) is 27.0. The summed E-state index contributed by atoms with van der Waals surface area (Å²) in [5.41, 5.74) is 0.974. The van der Waals surface area contributed by atoms with Crippen LogP contribution in [0.15, 0.2) is 48.5 Å². The van der Waals surface area contributed by atoms with Crippen LogP contribution in [0.4, 0.5) is 5.69 Å². The molecule has 0 heterocycles. The molecular formula is C21H26Cl2N4O4S. The van der Waals surface area contributed by atoms with E-state index in [-0.39, 0.29) is 12.5 Å². The molecule has 2 aromatic carbocycles. The number of anilines is 1. The van der Waals surface area contributed by atoms with Gasteiger partial charge in [0.25, 0.3) is 0 Å². The van der Waals surface area contributed by atoms with E-state index >= 15 is 0 Å². The number of halogens is 2. The fourth-order valence-electron chi connectivity index (χ4n) is 2.94. The number of likely N-dealkylation sites (N-methyl/N-ethyl adjacent to an activating group) is 1. The number of hydrogen-bond donors (Lipinski definition) is 1. The van der Waals surface area contributed by atoms with Gasteiger partial charge in [0.1, 0.15) is 12.6 Å². The van der Waals surface area contributed by atoms with Gasteiger partial charge in [-0.3, -0.25) is 9.59 Å². The quantitative estimate of drug-likeness (QED) is 0.572. The van der Waals surface area contributed by atoms with Crippen molar-refractivity contribution in [1.29, 1.82) is 0 Å². The Morgan fingerprint density at radius 3 is 2.19 bits per heavy atom. The van der Waals surface area contributed by atoms with E-state index in [4.69, 9.17) is 23.2 Å². The topological polar surface area (TPSA) is 90.0 Å². The number of benzene rings is 2. The van der Waals surface area contributed by atoms with Crippen LogP contribution in [0.2, 0.25) is 10.0 Å². The first-order chi connectivity index (χ1) is 15.0. The first-order valence-corrected chi connectivity index (χ1v) is 11.8. The fourth-order valence-corrected chi connectivity index (χ4v) is 4.31. The number of carbonyl (C=O) groups is 2. The number of amides is 2. The van der Waals surface area contributed by atoms with Gasteiger partial charge in [-0.1, -0.05) is 47.5 Å². The van der Waals surface area contributed by atoms with Gasteiger partial charge < -0.3 is 10.2 Å². The van der Waals surface area contributed by atoms with E-state index in [2.05, 4.69) is 5.32 Å². The maximum atomic E-state index is 13.4. The van der Waals surface area contributed by atoms with Crippen molar-refractivity contribution in [3.05, 3.63) is 64.1 Å². The predicted octanol–water partition coefficient (Wildman–Crippen LogP) is 2.77. The summed E-state index contributed by atoms with van der Waals surface area (Å²) >= 11 is 12.1. The molecule has 8 nitrogen and oxygen atoms in total. The van der Waals surface area contributed by atoms with Gasteiger partial charge in [-0.05, 0) is 36.8 Å². The summed E-state index contributed by atoms with van der Waals surface area (Å²) < 4.78 is 28.0. The van der Waals surface area contributed by atoms with Crippen LogP contribution in [0, 0.1) is 0 Å². The average molecular weight is 501 g/mol. The second-order valence-corrected chi connectivity index (χ2v) is 10.1. The highest BCUT2D eigenvalue weighted by molar-refractivity contribution is 7.90. The zero-order valence-electron chi connectivity index (χ0n) is 18.2. The Kier molecular flexibility index (Phi) is 8.91. The summed E-state index contributed by atoms with van der Waals surface area (Å²) in [6, 6.07) is 12.3. The van der Waals surface area contributed by atoms with Gasteiger partial charge in [0, 0.05) is 27.7 Å². The first-order valence-electron chi connectivity index (χ1n) is 9.69. The summed E-state index contributed by atoms with van der Waals surface area (Å²) in [5, 5.41) is 3.19. The highest BCUT2D eigenvalue weighted by Crippen LogP contribution is 2.24. The molecule has 0 aliphatic carbocycles. The molecule has 1 N–H and O–H groups in total. The number of nitrogens with one attached hydrogen (secondary N) is 1. The zero-order valence-corrected chi connectivity index (χ0v) is 20.6. The summed E-state index contributed by atoms with van der Waals surface area (Å²) in [6.45, 7) is 1.11. The third-order valence-corrected chi connectivity index (χ3v) is 7.37. The molecule has 2 aromatic rings. The molecule has 0 fully saturated rings. The van der Waals surface area contributed by atoms with Crippen LogP contribution in [0.25, 0.3) is 0 Å². The monoisotopic (exact) mass is 500 g/mol. The lowest BCUT2D eigenvalue weighted by Gasteiger charge is -2.32. The molecule has 2 amide bonds. The molecule has 0 radical (unpaired) electrons.